The van der Waals surface area contributed by atoms with Gasteiger partial charge in [-0.3, -0.25) is 9.97 Å². The monoisotopic (exact) mass is 402 g/mol. The largest absolute Gasteiger partial charge is 0.455 e. The zero-order valence-electron chi connectivity index (χ0n) is 17.8. The second-order valence-corrected chi connectivity index (χ2v) is 9.15. The first-order chi connectivity index (χ1) is 15.0. The molecule has 150 valence electrons. The maximum Gasteiger partial charge on any atom is 0.144 e. The lowest BCUT2D eigenvalue weighted by molar-refractivity contribution is 0.566. The first-order valence-electron chi connectivity index (χ1n) is 10.6. The molecule has 0 atom stereocenters. The Morgan fingerprint density at radius 1 is 0.613 bits per heavy atom. The van der Waals surface area contributed by atoms with Crippen LogP contribution in [0.2, 0.25) is 0 Å². The third kappa shape index (κ3) is 2.73. The van der Waals surface area contributed by atoms with Gasteiger partial charge in [-0.15, -0.1) is 0 Å². The number of furan rings is 1. The van der Waals surface area contributed by atoms with Gasteiger partial charge in [0.25, 0.3) is 0 Å². The highest BCUT2D eigenvalue weighted by molar-refractivity contribution is 6.21. The molecule has 0 unspecified atom stereocenters. The van der Waals surface area contributed by atoms with Crippen molar-refractivity contribution in [3.8, 4) is 11.3 Å². The molecule has 0 aliphatic carbocycles. The lowest BCUT2D eigenvalue weighted by Crippen LogP contribution is -2.13. The molecule has 0 spiro atoms. The summed E-state index contributed by atoms with van der Waals surface area (Å²) in [7, 11) is 0. The van der Waals surface area contributed by atoms with Crippen molar-refractivity contribution in [1.29, 1.82) is 0 Å². The van der Waals surface area contributed by atoms with E-state index in [0.717, 1.165) is 44.3 Å². The zero-order valence-corrected chi connectivity index (χ0v) is 17.8. The molecular formula is C28H22N2O. The van der Waals surface area contributed by atoms with Crippen molar-refractivity contribution in [2.75, 3.05) is 0 Å². The van der Waals surface area contributed by atoms with Crippen LogP contribution >= 0.6 is 0 Å². The van der Waals surface area contributed by atoms with Gasteiger partial charge >= 0.3 is 0 Å². The second-order valence-electron chi connectivity index (χ2n) is 9.15. The topological polar surface area (TPSA) is 38.9 Å². The number of hydrogen-bond acceptors (Lipinski definition) is 3. The highest BCUT2D eigenvalue weighted by Gasteiger charge is 2.18. The van der Waals surface area contributed by atoms with Gasteiger partial charge in [0.15, 0.2) is 0 Å². The third-order valence-corrected chi connectivity index (χ3v) is 6.08. The Hall–Kier alpha value is -3.72. The molecule has 0 saturated heterocycles. The molecule has 0 fully saturated rings. The van der Waals surface area contributed by atoms with Gasteiger partial charge < -0.3 is 4.42 Å². The fourth-order valence-corrected chi connectivity index (χ4v) is 4.40. The number of nitrogens with zero attached hydrogens (tertiary/aromatic N) is 2. The molecule has 0 N–H and O–H groups in total. The lowest BCUT2D eigenvalue weighted by atomic mass is 9.92. The summed E-state index contributed by atoms with van der Waals surface area (Å²) in [6.07, 6.45) is 3.73. The van der Waals surface area contributed by atoms with Crippen LogP contribution in [-0.2, 0) is 5.41 Å². The minimum absolute atomic E-state index is 0.0292. The van der Waals surface area contributed by atoms with Crippen LogP contribution in [0.4, 0.5) is 0 Å². The van der Waals surface area contributed by atoms with Gasteiger partial charge in [0.05, 0.1) is 17.6 Å². The number of rotatable bonds is 1. The Balaban J connectivity index is 1.62. The van der Waals surface area contributed by atoms with Gasteiger partial charge in [0.2, 0.25) is 0 Å². The van der Waals surface area contributed by atoms with E-state index in [4.69, 9.17) is 9.40 Å². The van der Waals surface area contributed by atoms with Gasteiger partial charge in [-0.1, -0.05) is 69.3 Å². The van der Waals surface area contributed by atoms with E-state index in [1.807, 2.05) is 12.4 Å². The van der Waals surface area contributed by atoms with Crippen molar-refractivity contribution in [2.24, 2.45) is 0 Å². The molecule has 3 nitrogen and oxygen atoms in total. The fraction of sp³-hybridized carbons (Fsp3) is 0.143. The molecule has 0 aliphatic rings. The van der Waals surface area contributed by atoms with Crippen LogP contribution in [0, 0.1) is 0 Å². The summed E-state index contributed by atoms with van der Waals surface area (Å²) in [4.78, 5) is 9.38. The summed E-state index contributed by atoms with van der Waals surface area (Å²) in [5, 5.41) is 7.04. The SMILES string of the molecule is CC(C)(C)c1cnc(-c2cccc3c2oc2c3ccc3c4ccccc4ccc32)cn1. The predicted octanol–water partition coefficient (Wildman–Crippen LogP) is 7.65. The molecule has 0 aliphatic heterocycles. The zero-order chi connectivity index (χ0) is 21.2. The molecule has 0 bridgehead atoms. The van der Waals surface area contributed by atoms with Crippen LogP contribution in [0.25, 0.3) is 54.7 Å². The lowest BCUT2D eigenvalue weighted by Gasteiger charge is -2.16. The second kappa shape index (κ2) is 6.39. The Bertz CT molecular complexity index is 1600. The Morgan fingerprint density at radius 2 is 1.32 bits per heavy atom. The van der Waals surface area contributed by atoms with Crippen molar-refractivity contribution < 1.29 is 4.42 Å². The van der Waals surface area contributed by atoms with Crippen LogP contribution in [0.1, 0.15) is 26.5 Å². The summed E-state index contributed by atoms with van der Waals surface area (Å²) in [5.41, 5.74) is 4.52. The maximum atomic E-state index is 6.53. The first kappa shape index (κ1) is 18.1. The van der Waals surface area contributed by atoms with Gasteiger partial charge in [-0.05, 0) is 34.4 Å². The molecule has 6 aromatic rings. The quantitative estimate of drug-likeness (QED) is 0.265. The van der Waals surface area contributed by atoms with E-state index >= 15 is 0 Å². The standard InChI is InChI=1S/C28H22N2O/c1-28(2,3)25-16-29-24(15-30-25)23-10-6-9-20-22-14-13-19-18-8-5-4-7-17(18)11-12-21(19)26(22)31-27(20)23/h4-16H,1-3H3. The number of aromatic nitrogens is 2. The third-order valence-electron chi connectivity index (χ3n) is 6.08. The van der Waals surface area contributed by atoms with Gasteiger partial charge in [-0.2, -0.15) is 0 Å². The van der Waals surface area contributed by atoms with Crippen molar-refractivity contribution in [1.82, 2.24) is 9.97 Å². The average molecular weight is 402 g/mol. The van der Waals surface area contributed by atoms with Crippen LogP contribution < -0.4 is 0 Å². The minimum atomic E-state index is -0.0292. The number of fused-ring (bicyclic) bond motifs is 7. The van der Waals surface area contributed by atoms with Gasteiger partial charge in [0.1, 0.15) is 11.2 Å². The Kier molecular flexibility index (Phi) is 3.73. The van der Waals surface area contributed by atoms with Gasteiger partial charge in [-0.25, -0.2) is 0 Å². The molecule has 0 saturated carbocycles. The molecule has 3 heteroatoms. The molecular weight excluding hydrogens is 380 g/mol. The van der Waals surface area contributed by atoms with E-state index in [1.54, 1.807) is 0 Å². The molecule has 2 heterocycles. The van der Waals surface area contributed by atoms with E-state index in [0.29, 0.717) is 0 Å². The summed E-state index contributed by atoms with van der Waals surface area (Å²) >= 11 is 0. The number of benzene rings is 4. The first-order valence-corrected chi connectivity index (χ1v) is 10.6. The van der Waals surface area contributed by atoms with Crippen LogP contribution in [0.3, 0.4) is 0 Å². The highest BCUT2D eigenvalue weighted by atomic mass is 16.3. The normalized spacial score (nSPS) is 12.4. The maximum absolute atomic E-state index is 6.53. The molecule has 0 amide bonds. The predicted molar refractivity (Wildman–Crippen MR) is 128 cm³/mol. The molecule has 2 aromatic heterocycles. The summed E-state index contributed by atoms with van der Waals surface area (Å²) in [6.45, 7) is 6.43. The number of para-hydroxylation sites is 1. The summed E-state index contributed by atoms with van der Waals surface area (Å²) in [6, 6.07) is 23.4. The summed E-state index contributed by atoms with van der Waals surface area (Å²) < 4.78 is 6.53. The van der Waals surface area contributed by atoms with Gasteiger partial charge in [0, 0.05) is 33.3 Å². The van der Waals surface area contributed by atoms with Crippen molar-refractivity contribution >= 4 is 43.5 Å². The summed E-state index contributed by atoms with van der Waals surface area (Å²) in [5.74, 6) is 0. The molecule has 6 rings (SSSR count). The van der Waals surface area contributed by atoms with Crippen molar-refractivity contribution in [3.05, 3.63) is 84.8 Å². The Morgan fingerprint density at radius 3 is 2.13 bits per heavy atom. The number of hydrogen-bond donors (Lipinski definition) is 0. The fourth-order valence-electron chi connectivity index (χ4n) is 4.40. The van der Waals surface area contributed by atoms with E-state index in [9.17, 15) is 0 Å². The van der Waals surface area contributed by atoms with Crippen LogP contribution in [0.15, 0.2) is 83.5 Å². The highest BCUT2D eigenvalue weighted by Crippen LogP contribution is 2.39. The van der Waals surface area contributed by atoms with E-state index in [2.05, 4.69) is 92.5 Å². The van der Waals surface area contributed by atoms with Crippen molar-refractivity contribution in [3.63, 3.8) is 0 Å². The molecule has 4 aromatic carbocycles. The van der Waals surface area contributed by atoms with E-state index < -0.39 is 0 Å². The van der Waals surface area contributed by atoms with Crippen LogP contribution in [0.5, 0.6) is 0 Å². The van der Waals surface area contributed by atoms with Crippen molar-refractivity contribution in [2.45, 2.75) is 26.2 Å². The molecule has 0 radical (unpaired) electrons. The molecule has 31 heavy (non-hydrogen) atoms. The Labute approximate surface area is 180 Å². The van der Waals surface area contributed by atoms with E-state index in [1.165, 1.54) is 16.2 Å². The minimum Gasteiger partial charge on any atom is -0.455 e. The van der Waals surface area contributed by atoms with Crippen LogP contribution in [-0.4, -0.2) is 9.97 Å². The average Bonchev–Trinajstić information content (AvgIpc) is 3.17. The van der Waals surface area contributed by atoms with E-state index in [-0.39, 0.29) is 5.41 Å². The smallest absolute Gasteiger partial charge is 0.144 e.